The summed E-state index contributed by atoms with van der Waals surface area (Å²) >= 11 is 1.37. The second-order valence-electron chi connectivity index (χ2n) is 5.24. The van der Waals surface area contributed by atoms with Gasteiger partial charge in [0.1, 0.15) is 5.82 Å². The lowest BCUT2D eigenvalue weighted by atomic mass is 10.1. The molecule has 3 rings (SSSR count). The molecule has 0 fully saturated rings. The summed E-state index contributed by atoms with van der Waals surface area (Å²) in [6, 6.07) is 5.53. The minimum absolute atomic E-state index is 0.151. The molecule has 0 amide bonds. The van der Waals surface area contributed by atoms with E-state index >= 15 is 0 Å². The summed E-state index contributed by atoms with van der Waals surface area (Å²) in [6.07, 6.45) is 0.844. The second-order valence-corrected chi connectivity index (χ2v) is 6.18. The summed E-state index contributed by atoms with van der Waals surface area (Å²) < 4.78 is 1.59. The molecule has 0 atom stereocenters. The van der Waals surface area contributed by atoms with Crippen molar-refractivity contribution in [1.29, 1.82) is 0 Å². The number of para-hydroxylation sites is 1. The summed E-state index contributed by atoms with van der Waals surface area (Å²) in [5.74, 6) is 1.01. The number of nitrogens with zero attached hydrogens (tertiary/aromatic N) is 3. The Bertz CT molecular complexity index is 956. The predicted octanol–water partition coefficient (Wildman–Crippen LogP) is 1.82. The first-order valence-electron chi connectivity index (χ1n) is 7.36. The Labute approximate surface area is 136 Å². The van der Waals surface area contributed by atoms with Crippen molar-refractivity contribution in [3.8, 4) is 0 Å². The molecule has 23 heavy (non-hydrogen) atoms. The molecule has 2 aromatic heterocycles. The number of aromatic amines is 2. The number of thioether (sulfide) groups is 1. The van der Waals surface area contributed by atoms with Gasteiger partial charge in [-0.05, 0) is 25.0 Å². The van der Waals surface area contributed by atoms with Gasteiger partial charge < -0.3 is 4.98 Å². The van der Waals surface area contributed by atoms with Crippen molar-refractivity contribution in [1.82, 2.24) is 24.7 Å². The first kappa shape index (κ1) is 15.5. The van der Waals surface area contributed by atoms with Crippen LogP contribution in [-0.4, -0.2) is 24.7 Å². The molecule has 0 saturated carbocycles. The Morgan fingerprint density at radius 3 is 2.91 bits per heavy atom. The number of nitrogens with one attached hydrogen (secondary N) is 2. The van der Waals surface area contributed by atoms with Gasteiger partial charge in [-0.15, -0.1) is 5.10 Å². The van der Waals surface area contributed by atoms with E-state index in [1.54, 1.807) is 10.6 Å². The molecule has 7 nitrogen and oxygen atoms in total. The molecule has 0 radical (unpaired) electrons. The average molecular weight is 331 g/mol. The van der Waals surface area contributed by atoms with E-state index in [1.165, 1.54) is 11.8 Å². The summed E-state index contributed by atoms with van der Waals surface area (Å²) in [5.41, 5.74) is 1.30. The molecular weight excluding hydrogens is 314 g/mol. The van der Waals surface area contributed by atoms with Crippen LogP contribution >= 0.6 is 11.8 Å². The van der Waals surface area contributed by atoms with Gasteiger partial charge in [0.25, 0.3) is 5.56 Å². The first-order valence-corrected chi connectivity index (χ1v) is 8.35. The van der Waals surface area contributed by atoms with E-state index in [0.29, 0.717) is 34.2 Å². The van der Waals surface area contributed by atoms with Gasteiger partial charge >= 0.3 is 5.69 Å². The van der Waals surface area contributed by atoms with Crippen molar-refractivity contribution in [2.75, 3.05) is 0 Å². The Balaban J connectivity index is 1.90. The molecule has 0 aliphatic heterocycles. The Kier molecular flexibility index (Phi) is 4.33. The van der Waals surface area contributed by atoms with Crippen LogP contribution in [0.1, 0.15) is 24.7 Å². The highest BCUT2D eigenvalue weighted by atomic mass is 32.2. The van der Waals surface area contributed by atoms with Crippen LogP contribution in [0.4, 0.5) is 0 Å². The number of hydrogen-bond donors (Lipinski definition) is 2. The highest BCUT2D eigenvalue weighted by molar-refractivity contribution is 7.98. The van der Waals surface area contributed by atoms with Gasteiger partial charge in [0.15, 0.2) is 5.16 Å². The molecule has 3 aromatic rings. The van der Waals surface area contributed by atoms with Crippen molar-refractivity contribution in [3.05, 3.63) is 50.4 Å². The van der Waals surface area contributed by atoms with E-state index in [4.69, 9.17) is 0 Å². The van der Waals surface area contributed by atoms with Gasteiger partial charge in [0.05, 0.1) is 16.7 Å². The van der Waals surface area contributed by atoms with Crippen LogP contribution in [0.3, 0.4) is 0 Å². The van der Waals surface area contributed by atoms with Crippen molar-refractivity contribution >= 4 is 22.7 Å². The highest BCUT2D eigenvalue weighted by Crippen LogP contribution is 2.19. The number of hydrogen-bond acceptors (Lipinski definition) is 5. The van der Waals surface area contributed by atoms with Gasteiger partial charge in [-0.25, -0.2) is 14.9 Å². The van der Waals surface area contributed by atoms with Gasteiger partial charge in [-0.1, -0.05) is 30.8 Å². The molecule has 0 aliphatic carbocycles. The number of H-pyrrole nitrogens is 2. The average Bonchev–Trinajstić information content (AvgIpc) is 2.87. The molecule has 8 heteroatoms. The van der Waals surface area contributed by atoms with Crippen LogP contribution in [0.5, 0.6) is 0 Å². The predicted molar refractivity (Wildman–Crippen MR) is 89.8 cm³/mol. The lowest BCUT2D eigenvalue weighted by Gasteiger charge is -2.05. The summed E-state index contributed by atoms with van der Waals surface area (Å²) in [7, 11) is 0. The molecule has 0 bridgehead atoms. The molecule has 1 aromatic carbocycles. The van der Waals surface area contributed by atoms with Crippen LogP contribution in [0, 0.1) is 6.92 Å². The number of benzene rings is 1. The van der Waals surface area contributed by atoms with E-state index in [2.05, 4.69) is 20.2 Å². The monoisotopic (exact) mass is 331 g/mol. The molecule has 2 heterocycles. The maximum Gasteiger partial charge on any atom is 0.343 e. The van der Waals surface area contributed by atoms with E-state index in [-0.39, 0.29) is 11.2 Å². The zero-order chi connectivity index (χ0) is 16.4. The summed E-state index contributed by atoms with van der Waals surface area (Å²) in [5, 5.41) is 7.66. The fourth-order valence-corrected chi connectivity index (χ4v) is 3.23. The van der Waals surface area contributed by atoms with E-state index in [1.807, 2.05) is 26.0 Å². The van der Waals surface area contributed by atoms with Crippen LogP contribution in [0.2, 0.25) is 0 Å². The van der Waals surface area contributed by atoms with Gasteiger partial charge in [-0.2, -0.15) is 0 Å². The zero-order valence-corrected chi connectivity index (χ0v) is 13.7. The quantitative estimate of drug-likeness (QED) is 0.695. The third-order valence-electron chi connectivity index (χ3n) is 3.50. The zero-order valence-electron chi connectivity index (χ0n) is 12.9. The van der Waals surface area contributed by atoms with Crippen LogP contribution in [0.15, 0.2) is 32.9 Å². The Hall–Kier alpha value is -2.35. The lowest BCUT2D eigenvalue weighted by Crippen LogP contribution is -2.17. The van der Waals surface area contributed by atoms with Crippen molar-refractivity contribution in [2.24, 2.45) is 0 Å². The van der Waals surface area contributed by atoms with E-state index in [0.717, 1.165) is 12.0 Å². The summed E-state index contributed by atoms with van der Waals surface area (Å²) in [6.45, 7) is 4.54. The van der Waals surface area contributed by atoms with Crippen LogP contribution in [-0.2, 0) is 12.3 Å². The minimum Gasteiger partial charge on any atom is -0.309 e. The summed E-state index contributed by atoms with van der Waals surface area (Å²) in [4.78, 5) is 31.2. The maximum absolute atomic E-state index is 12.2. The maximum atomic E-state index is 12.2. The topological polar surface area (TPSA) is 96.4 Å². The standard InChI is InChI=1S/C15H17N5O2S/c1-3-7-20-14(22)18-19-15(20)23-8-11-16-12-9(2)5-4-6-10(12)13(21)17-11/h4-6H,3,7-8H2,1-2H3,(H,18,22)(H,16,17,21). The molecule has 0 saturated heterocycles. The molecule has 2 N–H and O–H groups in total. The van der Waals surface area contributed by atoms with Gasteiger partial charge in [0, 0.05) is 6.54 Å². The molecule has 0 aliphatic rings. The molecule has 120 valence electrons. The molecule has 0 spiro atoms. The SMILES string of the molecule is CCCn1c(SCc2nc3c(C)cccc3c(=O)[nH]2)n[nH]c1=O. The van der Waals surface area contributed by atoms with Gasteiger partial charge in [0.2, 0.25) is 0 Å². The third-order valence-corrected chi connectivity index (χ3v) is 4.48. The minimum atomic E-state index is -0.217. The number of fused-ring (bicyclic) bond motifs is 1. The Morgan fingerprint density at radius 1 is 1.30 bits per heavy atom. The number of rotatable bonds is 5. The second kappa shape index (κ2) is 6.41. The number of aryl methyl sites for hydroxylation is 1. The largest absolute Gasteiger partial charge is 0.343 e. The third kappa shape index (κ3) is 3.07. The van der Waals surface area contributed by atoms with Crippen molar-refractivity contribution < 1.29 is 0 Å². The van der Waals surface area contributed by atoms with Crippen molar-refractivity contribution in [2.45, 2.75) is 37.7 Å². The highest BCUT2D eigenvalue weighted by Gasteiger charge is 2.11. The van der Waals surface area contributed by atoms with E-state index < -0.39 is 0 Å². The lowest BCUT2D eigenvalue weighted by molar-refractivity contribution is 0.603. The van der Waals surface area contributed by atoms with Gasteiger partial charge in [-0.3, -0.25) is 9.36 Å². The molecular formula is C15H17N5O2S. The number of aromatic nitrogens is 5. The first-order chi connectivity index (χ1) is 11.1. The normalized spacial score (nSPS) is 11.2. The van der Waals surface area contributed by atoms with Crippen LogP contribution < -0.4 is 11.2 Å². The van der Waals surface area contributed by atoms with Crippen molar-refractivity contribution in [3.63, 3.8) is 0 Å². The van der Waals surface area contributed by atoms with E-state index in [9.17, 15) is 9.59 Å². The Morgan fingerprint density at radius 2 is 2.13 bits per heavy atom. The smallest absolute Gasteiger partial charge is 0.309 e. The fourth-order valence-electron chi connectivity index (χ4n) is 2.39. The molecule has 0 unspecified atom stereocenters. The van der Waals surface area contributed by atoms with Crippen LogP contribution in [0.25, 0.3) is 10.9 Å². The fraction of sp³-hybridized carbons (Fsp3) is 0.333.